The third kappa shape index (κ3) is 2.84. The number of methoxy groups -OCH3 is 1. The first-order valence-corrected chi connectivity index (χ1v) is 6.81. The van der Waals surface area contributed by atoms with Crippen LogP contribution in [0.3, 0.4) is 0 Å². The molecule has 6 heteroatoms. The summed E-state index contributed by atoms with van der Waals surface area (Å²) in [4.78, 5) is 18.2. The van der Waals surface area contributed by atoms with Crippen LogP contribution in [0.1, 0.15) is 5.82 Å². The predicted molar refractivity (Wildman–Crippen MR) is 76.1 cm³/mol. The molecule has 0 bridgehead atoms. The second-order valence-corrected chi connectivity index (χ2v) is 4.79. The Bertz CT molecular complexity index is 639. The number of benzene rings is 1. The Morgan fingerprint density at radius 1 is 1.29 bits per heavy atom. The van der Waals surface area contributed by atoms with Gasteiger partial charge >= 0.3 is 0 Å². The molecule has 0 unspecified atom stereocenters. The Hall–Kier alpha value is -2.50. The number of amides is 1. The van der Waals surface area contributed by atoms with E-state index < -0.39 is 0 Å². The predicted octanol–water partition coefficient (Wildman–Crippen LogP) is 1.31. The number of ether oxygens (including phenoxy) is 2. The molecule has 2 aromatic rings. The summed E-state index contributed by atoms with van der Waals surface area (Å²) < 4.78 is 12.8. The number of hydrogen-bond acceptors (Lipinski definition) is 4. The van der Waals surface area contributed by atoms with E-state index in [1.54, 1.807) is 30.3 Å². The highest BCUT2D eigenvalue weighted by Crippen LogP contribution is 2.25. The van der Waals surface area contributed by atoms with E-state index in [0.717, 1.165) is 12.4 Å². The second kappa shape index (κ2) is 5.87. The molecule has 1 aromatic heterocycles. The number of nitrogens with zero attached hydrogens (tertiary/aromatic N) is 3. The van der Waals surface area contributed by atoms with E-state index in [9.17, 15) is 4.79 Å². The number of fused-ring (bicyclic) bond motifs is 1. The van der Waals surface area contributed by atoms with Crippen LogP contribution in [0, 0.1) is 0 Å². The number of hydrogen-bond donors (Lipinski definition) is 0. The Labute approximate surface area is 122 Å². The number of rotatable bonds is 4. The van der Waals surface area contributed by atoms with Crippen molar-refractivity contribution in [3.8, 4) is 11.5 Å². The van der Waals surface area contributed by atoms with Gasteiger partial charge in [-0.05, 0) is 12.1 Å². The molecular weight excluding hydrogens is 270 g/mol. The third-order valence-corrected chi connectivity index (χ3v) is 3.52. The molecule has 1 aliphatic rings. The van der Waals surface area contributed by atoms with Crippen molar-refractivity contribution < 1.29 is 14.3 Å². The van der Waals surface area contributed by atoms with E-state index in [1.807, 2.05) is 18.3 Å². The van der Waals surface area contributed by atoms with E-state index in [4.69, 9.17) is 9.47 Å². The number of aromatic nitrogens is 2. The van der Waals surface area contributed by atoms with Gasteiger partial charge in [0.25, 0.3) is 5.91 Å². The number of para-hydroxylation sites is 2. The van der Waals surface area contributed by atoms with Crippen LogP contribution in [0.25, 0.3) is 0 Å². The largest absolute Gasteiger partial charge is 0.493 e. The smallest absolute Gasteiger partial charge is 0.260 e. The summed E-state index contributed by atoms with van der Waals surface area (Å²) in [5, 5.41) is 0. The van der Waals surface area contributed by atoms with Gasteiger partial charge in [-0.15, -0.1) is 0 Å². The molecule has 0 atom stereocenters. The summed E-state index contributed by atoms with van der Waals surface area (Å²) >= 11 is 0. The lowest BCUT2D eigenvalue weighted by molar-refractivity contribution is -0.134. The molecule has 0 N–H and O–H groups in total. The summed E-state index contributed by atoms with van der Waals surface area (Å²) in [6.45, 7) is 1.98. The van der Waals surface area contributed by atoms with Crippen molar-refractivity contribution in [2.45, 2.75) is 13.1 Å². The Kier molecular flexibility index (Phi) is 3.77. The van der Waals surface area contributed by atoms with Crippen molar-refractivity contribution in [2.75, 3.05) is 20.3 Å². The van der Waals surface area contributed by atoms with Crippen LogP contribution in [-0.2, 0) is 17.9 Å². The van der Waals surface area contributed by atoms with Crippen LogP contribution in [0.4, 0.5) is 0 Å². The van der Waals surface area contributed by atoms with Gasteiger partial charge in [-0.3, -0.25) is 4.79 Å². The first kappa shape index (κ1) is 13.5. The minimum Gasteiger partial charge on any atom is -0.493 e. The fourth-order valence-electron chi connectivity index (χ4n) is 2.36. The molecule has 0 spiro atoms. The van der Waals surface area contributed by atoms with Gasteiger partial charge in [-0.2, -0.15) is 0 Å². The van der Waals surface area contributed by atoms with Crippen LogP contribution < -0.4 is 9.47 Å². The van der Waals surface area contributed by atoms with Crippen molar-refractivity contribution in [1.29, 1.82) is 0 Å². The van der Waals surface area contributed by atoms with E-state index in [1.165, 1.54) is 0 Å². The summed E-state index contributed by atoms with van der Waals surface area (Å²) in [7, 11) is 1.58. The third-order valence-electron chi connectivity index (χ3n) is 3.52. The minimum atomic E-state index is -0.0462. The van der Waals surface area contributed by atoms with Gasteiger partial charge in [0.15, 0.2) is 18.1 Å². The van der Waals surface area contributed by atoms with Crippen molar-refractivity contribution in [1.82, 2.24) is 14.5 Å². The molecule has 0 saturated carbocycles. The minimum absolute atomic E-state index is 0.00107. The summed E-state index contributed by atoms with van der Waals surface area (Å²) in [5.74, 6) is 2.06. The molecule has 21 heavy (non-hydrogen) atoms. The monoisotopic (exact) mass is 287 g/mol. The maximum absolute atomic E-state index is 12.2. The fraction of sp³-hybridized carbons (Fsp3) is 0.333. The highest BCUT2D eigenvalue weighted by atomic mass is 16.5. The molecule has 0 saturated heterocycles. The molecular formula is C15H17N3O3. The van der Waals surface area contributed by atoms with Gasteiger partial charge in [-0.25, -0.2) is 4.98 Å². The zero-order valence-electron chi connectivity index (χ0n) is 11.9. The number of carbonyl (C=O) groups excluding carboxylic acids is 1. The Morgan fingerprint density at radius 2 is 2.10 bits per heavy atom. The van der Waals surface area contributed by atoms with E-state index in [2.05, 4.69) is 9.55 Å². The Balaban J connectivity index is 1.60. The molecule has 2 heterocycles. The van der Waals surface area contributed by atoms with E-state index >= 15 is 0 Å². The standard InChI is InChI=1S/C15H17N3O3/c1-20-12-4-2-3-5-13(12)21-11-15(19)18-9-8-17-7-6-16-14(17)10-18/h2-7H,8-11H2,1H3. The van der Waals surface area contributed by atoms with E-state index in [-0.39, 0.29) is 12.5 Å². The maximum Gasteiger partial charge on any atom is 0.260 e. The first-order valence-electron chi connectivity index (χ1n) is 6.81. The molecule has 1 amide bonds. The first-order chi connectivity index (χ1) is 10.3. The molecule has 1 aromatic carbocycles. The van der Waals surface area contributed by atoms with Crippen molar-refractivity contribution in [2.24, 2.45) is 0 Å². The highest BCUT2D eigenvalue weighted by Gasteiger charge is 2.21. The van der Waals surface area contributed by atoms with Crippen molar-refractivity contribution >= 4 is 5.91 Å². The lowest BCUT2D eigenvalue weighted by atomic mass is 10.3. The average Bonchev–Trinajstić information content (AvgIpc) is 3.00. The van der Waals surface area contributed by atoms with Gasteiger partial charge in [0.1, 0.15) is 5.82 Å². The topological polar surface area (TPSA) is 56.6 Å². The Morgan fingerprint density at radius 3 is 2.90 bits per heavy atom. The second-order valence-electron chi connectivity index (χ2n) is 4.79. The maximum atomic E-state index is 12.2. The van der Waals surface area contributed by atoms with Gasteiger partial charge in [-0.1, -0.05) is 12.1 Å². The van der Waals surface area contributed by atoms with Gasteiger partial charge in [0, 0.05) is 25.5 Å². The van der Waals surface area contributed by atoms with Crippen LogP contribution in [0.15, 0.2) is 36.7 Å². The quantitative estimate of drug-likeness (QED) is 0.851. The zero-order valence-corrected chi connectivity index (χ0v) is 11.9. The van der Waals surface area contributed by atoms with Crippen LogP contribution in [-0.4, -0.2) is 40.6 Å². The van der Waals surface area contributed by atoms with Crippen molar-refractivity contribution in [3.63, 3.8) is 0 Å². The lowest BCUT2D eigenvalue weighted by Gasteiger charge is -2.27. The summed E-state index contributed by atoms with van der Waals surface area (Å²) in [5.41, 5.74) is 0. The van der Waals surface area contributed by atoms with Gasteiger partial charge in [0.05, 0.1) is 13.7 Å². The van der Waals surface area contributed by atoms with Crippen molar-refractivity contribution in [3.05, 3.63) is 42.5 Å². The average molecular weight is 287 g/mol. The van der Waals surface area contributed by atoms with Crippen LogP contribution in [0.2, 0.25) is 0 Å². The molecule has 6 nitrogen and oxygen atoms in total. The SMILES string of the molecule is COc1ccccc1OCC(=O)N1CCn2ccnc2C1. The highest BCUT2D eigenvalue weighted by molar-refractivity contribution is 5.77. The fourth-order valence-corrected chi connectivity index (χ4v) is 2.36. The number of carbonyl (C=O) groups is 1. The summed E-state index contributed by atoms with van der Waals surface area (Å²) in [6.07, 6.45) is 3.69. The molecule has 1 aliphatic heterocycles. The zero-order chi connectivity index (χ0) is 14.7. The molecule has 0 fully saturated rings. The molecule has 0 radical (unpaired) electrons. The normalized spacial score (nSPS) is 13.7. The lowest BCUT2D eigenvalue weighted by Crippen LogP contribution is -2.40. The molecule has 3 rings (SSSR count). The van der Waals surface area contributed by atoms with Gasteiger partial charge in [0.2, 0.25) is 0 Å². The van der Waals surface area contributed by atoms with Crippen LogP contribution >= 0.6 is 0 Å². The molecule has 0 aliphatic carbocycles. The van der Waals surface area contributed by atoms with E-state index in [0.29, 0.717) is 24.6 Å². The van der Waals surface area contributed by atoms with Crippen LogP contribution in [0.5, 0.6) is 11.5 Å². The number of imidazole rings is 1. The van der Waals surface area contributed by atoms with Gasteiger partial charge < -0.3 is 18.9 Å². The summed E-state index contributed by atoms with van der Waals surface area (Å²) in [6, 6.07) is 7.30. The molecule has 110 valence electrons.